The molecule has 1 unspecified atom stereocenters. The normalized spacial score (nSPS) is 15.3. The van der Waals surface area contributed by atoms with E-state index in [-0.39, 0.29) is 11.6 Å². The zero-order valence-electron chi connectivity index (χ0n) is 21.0. The first-order chi connectivity index (χ1) is 16.0. The molecular weight excluding hydrogens is 454 g/mol. The number of aromatic nitrogens is 2. The lowest BCUT2D eigenvalue weighted by atomic mass is 9.91. The van der Waals surface area contributed by atoms with Crippen molar-refractivity contribution in [3.63, 3.8) is 0 Å². The van der Waals surface area contributed by atoms with E-state index in [0.717, 1.165) is 48.9 Å². The van der Waals surface area contributed by atoms with Crippen molar-refractivity contribution in [1.29, 1.82) is 0 Å². The van der Waals surface area contributed by atoms with Gasteiger partial charge < -0.3 is 10.4 Å². The molecular formula is C24H37N5O4S. The van der Waals surface area contributed by atoms with Gasteiger partial charge in [0.2, 0.25) is 0 Å². The van der Waals surface area contributed by atoms with Gasteiger partial charge in [-0.1, -0.05) is 26.8 Å². The Kier molecular flexibility index (Phi) is 7.74. The van der Waals surface area contributed by atoms with E-state index < -0.39 is 21.6 Å². The fourth-order valence-electron chi connectivity index (χ4n) is 5.10. The second kappa shape index (κ2) is 10.1. The molecule has 2 aromatic rings. The predicted octanol–water partition coefficient (Wildman–Crippen LogP) is 2.70. The Hall–Kier alpha value is -2.43. The van der Waals surface area contributed by atoms with Crippen molar-refractivity contribution < 1.29 is 18.3 Å². The number of fused-ring (bicyclic) bond motifs is 1. The molecule has 3 rings (SSSR count). The van der Waals surface area contributed by atoms with E-state index >= 15 is 0 Å². The first-order valence-corrected chi connectivity index (χ1v) is 13.4. The third-order valence-electron chi connectivity index (χ3n) is 7.11. The quantitative estimate of drug-likeness (QED) is 0.497. The van der Waals surface area contributed by atoms with Gasteiger partial charge >= 0.3 is 6.03 Å². The number of aliphatic hydroxyl groups is 1. The number of sulfonamides is 1. The van der Waals surface area contributed by atoms with Crippen LogP contribution in [0.2, 0.25) is 0 Å². The third-order valence-corrected chi connectivity index (χ3v) is 8.32. The minimum atomic E-state index is -4.23. The maximum Gasteiger partial charge on any atom is 0.333 e. The summed E-state index contributed by atoms with van der Waals surface area (Å²) in [6.07, 6.45) is 4.98. The van der Waals surface area contributed by atoms with E-state index in [2.05, 4.69) is 28.1 Å². The number of likely N-dealkylation sites (N-methyl/N-ethyl adjacent to an activating group) is 1. The highest BCUT2D eigenvalue weighted by atomic mass is 32.2. The molecule has 9 nitrogen and oxygen atoms in total. The predicted molar refractivity (Wildman–Crippen MR) is 133 cm³/mol. The maximum atomic E-state index is 13.1. The fraction of sp³-hybridized carbons (Fsp3) is 0.583. The fourth-order valence-corrected chi connectivity index (χ4v) is 6.00. The monoisotopic (exact) mass is 491 g/mol. The molecule has 0 saturated heterocycles. The van der Waals surface area contributed by atoms with Gasteiger partial charge in [0.05, 0.1) is 17.8 Å². The number of benzene rings is 1. The molecule has 34 heavy (non-hydrogen) atoms. The molecule has 1 aromatic heterocycles. The summed E-state index contributed by atoms with van der Waals surface area (Å²) >= 11 is 0. The van der Waals surface area contributed by atoms with Crippen LogP contribution in [-0.2, 0) is 48.3 Å². The van der Waals surface area contributed by atoms with Crippen LogP contribution in [0.4, 0.5) is 10.5 Å². The van der Waals surface area contributed by atoms with Crippen LogP contribution in [-0.4, -0.2) is 54.9 Å². The lowest BCUT2D eigenvalue weighted by Crippen LogP contribution is -2.45. The molecule has 0 saturated carbocycles. The molecule has 0 bridgehead atoms. The molecule has 10 heteroatoms. The number of aryl methyl sites for hydroxylation is 3. The summed E-state index contributed by atoms with van der Waals surface area (Å²) in [5.41, 5.74) is 5.05. The number of nitrogens with zero attached hydrogens (tertiary/aromatic N) is 3. The van der Waals surface area contributed by atoms with Crippen LogP contribution in [0.25, 0.3) is 0 Å². The average molecular weight is 492 g/mol. The zero-order valence-corrected chi connectivity index (χ0v) is 21.8. The second-order valence-corrected chi connectivity index (χ2v) is 10.7. The number of carbonyl (C=O) groups excluding carboxylic acids is 1. The van der Waals surface area contributed by atoms with Gasteiger partial charge in [-0.25, -0.2) is 9.52 Å². The molecule has 188 valence electrons. The molecule has 1 atom stereocenters. The Bertz CT molecular complexity index is 1170. The van der Waals surface area contributed by atoms with Crippen molar-refractivity contribution in [1.82, 2.24) is 19.4 Å². The van der Waals surface area contributed by atoms with Crippen LogP contribution in [0, 0.1) is 0 Å². The summed E-state index contributed by atoms with van der Waals surface area (Å²) < 4.78 is 29.7. The minimum Gasteiger partial charge on any atom is -0.394 e. The van der Waals surface area contributed by atoms with Gasteiger partial charge in [0, 0.05) is 18.8 Å². The number of hydrogen-bond acceptors (Lipinski definition) is 6. The number of carbonyl (C=O) groups is 1. The topological polar surface area (TPSA) is 117 Å². The molecule has 1 aromatic carbocycles. The molecule has 1 heterocycles. The second-order valence-electron chi connectivity index (χ2n) is 9.08. The number of rotatable bonds is 9. The van der Waals surface area contributed by atoms with E-state index in [1.165, 1.54) is 21.9 Å². The molecule has 0 radical (unpaired) electrons. The van der Waals surface area contributed by atoms with Crippen LogP contribution in [0.3, 0.4) is 0 Å². The molecule has 0 fully saturated rings. The smallest absolute Gasteiger partial charge is 0.333 e. The van der Waals surface area contributed by atoms with Crippen LogP contribution in [0.1, 0.15) is 61.6 Å². The lowest BCUT2D eigenvalue weighted by Gasteiger charge is -2.37. The summed E-state index contributed by atoms with van der Waals surface area (Å²) in [6.45, 7) is 5.83. The highest BCUT2D eigenvalue weighted by Crippen LogP contribution is 2.35. The number of urea groups is 1. The molecule has 0 spiro atoms. The Balaban J connectivity index is 1.91. The van der Waals surface area contributed by atoms with Crippen molar-refractivity contribution >= 4 is 21.7 Å². The van der Waals surface area contributed by atoms with Crippen molar-refractivity contribution in [2.45, 2.75) is 69.9 Å². The number of amides is 2. The molecule has 1 aliphatic carbocycles. The van der Waals surface area contributed by atoms with Crippen molar-refractivity contribution in [2.24, 2.45) is 7.05 Å². The Morgan fingerprint density at radius 3 is 2.47 bits per heavy atom. The van der Waals surface area contributed by atoms with Gasteiger partial charge in [-0.05, 0) is 74.9 Å². The van der Waals surface area contributed by atoms with E-state index in [4.69, 9.17) is 0 Å². The van der Waals surface area contributed by atoms with Crippen LogP contribution >= 0.6 is 0 Å². The molecule has 0 aliphatic heterocycles. The zero-order chi connectivity index (χ0) is 25.3. The number of anilines is 1. The van der Waals surface area contributed by atoms with E-state index in [0.29, 0.717) is 12.1 Å². The van der Waals surface area contributed by atoms with Crippen LogP contribution in [0.5, 0.6) is 0 Å². The average Bonchev–Trinajstić information content (AvgIpc) is 3.41. The number of aliphatic hydroxyl groups excluding tert-OH is 1. The van der Waals surface area contributed by atoms with Gasteiger partial charge in [-0.15, -0.1) is 0 Å². The Morgan fingerprint density at radius 1 is 1.21 bits per heavy atom. The SMILES string of the molecule is CCc1cc2c(c(NC(=O)NS(=O)(=O)c3cc(C(CC)(CO)N(C)C)n(C)n3)c1CC)CCC2. The van der Waals surface area contributed by atoms with Gasteiger partial charge in [-0.3, -0.25) is 9.58 Å². The van der Waals surface area contributed by atoms with Gasteiger partial charge in [0.15, 0.2) is 5.03 Å². The first-order valence-electron chi connectivity index (χ1n) is 11.9. The van der Waals surface area contributed by atoms with Gasteiger partial charge in [0.1, 0.15) is 0 Å². The highest BCUT2D eigenvalue weighted by molar-refractivity contribution is 7.90. The third kappa shape index (κ3) is 4.58. The maximum absolute atomic E-state index is 13.1. The van der Waals surface area contributed by atoms with Crippen LogP contribution in [0.15, 0.2) is 17.2 Å². The number of hydrogen-bond donors (Lipinski definition) is 3. The summed E-state index contributed by atoms with van der Waals surface area (Å²) in [6, 6.07) is 2.84. The standard InChI is InChI=1S/C24H37N5O4S/c1-7-16-13-17-11-10-12-19(17)22(18(16)8-2)25-23(31)27-34(32,33)21-14-20(29(6)26-21)24(9-3,15-30)28(4)5/h13-14,30H,7-12,15H2,1-6H3,(H2,25,27,31). The summed E-state index contributed by atoms with van der Waals surface area (Å²) in [5, 5.41) is 16.8. The summed E-state index contributed by atoms with van der Waals surface area (Å²) in [4.78, 5) is 14.7. The summed E-state index contributed by atoms with van der Waals surface area (Å²) in [7, 11) is 1.04. The first kappa shape index (κ1) is 26.2. The highest BCUT2D eigenvalue weighted by Gasteiger charge is 2.37. The minimum absolute atomic E-state index is 0.206. The van der Waals surface area contributed by atoms with Crippen molar-refractivity contribution in [3.8, 4) is 0 Å². The van der Waals surface area contributed by atoms with Gasteiger partial charge in [0.25, 0.3) is 10.0 Å². The lowest BCUT2D eigenvalue weighted by molar-refractivity contribution is 0.0551. The number of nitrogens with one attached hydrogen (secondary N) is 2. The van der Waals surface area contributed by atoms with Crippen molar-refractivity contribution in [3.05, 3.63) is 40.1 Å². The molecule has 2 amide bonds. The van der Waals surface area contributed by atoms with E-state index in [1.807, 2.05) is 32.8 Å². The van der Waals surface area contributed by atoms with Crippen molar-refractivity contribution in [2.75, 3.05) is 26.0 Å². The van der Waals surface area contributed by atoms with E-state index in [1.54, 1.807) is 7.05 Å². The Morgan fingerprint density at radius 2 is 1.91 bits per heavy atom. The summed E-state index contributed by atoms with van der Waals surface area (Å²) in [5.74, 6) is 0. The molecule has 1 aliphatic rings. The molecule has 3 N–H and O–H groups in total. The largest absolute Gasteiger partial charge is 0.394 e. The van der Waals surface area contributed by atoms with Crippen LogP contribution < -0.4 is 10.0 Å². The van der Waals surface area contributed by atoms with E-state index in [9.17, 15) is 18.3 Å². The Labute approximate surface area is 202 Å². The van der Waals surface area contributed by atoms with Gasteiger partial charge in [-0.2, -0.15) is 13.5 Å².